The zero-order valence-electron chi connectivity index (χ0n) is 15.7. The van der Waals surface area contributed by atoms with Gasteiger partial charge in [0.25, 0.3) is 5.91 Å². The Hall–Kier alpha value is -2.73. The predicted molar refractivity (Wildman–Crippen MR) is 101 cm³/mol. The molecule has 0 saturated heterocycles. The van der Waals surface area contributed by atoms with Crippen LogP contribution in [0, 0.1) is 6.92 Å². The molecule has 0 saturated carbocycles. The van der Waals surface area contributed by atoms with Crippen LogP contribution in [0.15, 0.2) is 36.4 Å². The van der Waals surface area contributed by atoms with Gasteiger partial charge in [0.15, 0.2) is 11.5 Å². The first-order valence-corrected chi connectivity index (χ1v) is 8.44. The van der Waals surface area contributed by atoms with Gasteiger partial charge in [0.2, 0.25) is 5.75 Å². The van der Waals surface area contributed by atoms with Gasteiger partial charge in [0.1, 0.15) is 0 Å². The molecule has 2 rings (SSSR count). The Balaban J connectivity index is 1.84. The van der Waals surface area contributed by atoms with E-state index in [1.54, 1.807) is 21.3 Å². The molecule has 0 atom stereocenters. The molecular weight excluding hydrogens is 332 g/mol. The number of rotatable bonds is 9. The summed E-state index contributed by atoms with van der Waals surface area (Å²) >= 11 is 0. The summed E-state index contributed by atoms with van der Waals surface area (Å²) < 4.78 is 16.1. The molecule has 0 radical (unpaired) electrons. The number of hydrogen-bond donors (Lipinski definition) is 2. The highest BCUT2D eigenvalue weighted by molar-refractivity contribution is 5.94. The maximum absolute atomic E-state index is 12.1. The van der Waals surface area contributed by atoms with Crippen molar-refractivity contribution in [1.29, 1.82) is 0 Å². The molecule has 0 unspecified atom stereocenters. The van der Waals surface area contributed by atoms with E-state index in [0.29, 0.717) is 42.4 Å². The number of methoxy groups -OCH3 is 3. The second kappa shape index (κ2) is 9.68. The minimum atomic E-state index is -0.0736. The van der Waals surface area contributed by atoms with Gasteiger partial charge in [-0.25, -0.2) is 0 Å². The van der Waals surface area contributed by atoms with Crippen molar-refractivity contribution in [2.75, 3.05) is 34.4 Å². The van der Waals surface area contributed by atoms with Crippen molar-refractivity contribution in [2.24, 2.45) is 0 Å². The molecule has 0 aliphatic heterocycles. The molecule has 0 spiro atoms. The average Bonchev–Trinajstić information content (AvgIpc) is 2.67. The Morgan fingerprint density at radius 2 is 1.58 bits per heavy atom. The standard InChI is InChI=1S/C20H26N2O4/c1-14-5-7-15(8-6-14)20(23)22-12-11-21-13-16-9-10-17(24-2)19(26-4)18(16)25-3/h5-10,21H,11-13H2,1-4H3,(H,22,23). The Bertz CT molecular complexity index is 729. The van der Waals surface area contributed by atoms with Gasteiger partial charge in [0, 0.05) is 30.8 Å². The van der Waals surface area contributed by atoms with E-state index >= 15 is 0 Å². The average molecular weight is 358 g/mol. The lowest BCUT2D eigenvalue weighted by atomic mass is 10.1. The fourth-order valence-electron chi connectivity index (χ4n) is 2.60. The van der Waals surface area contributed by atoms with E-state index in [2.05, 4.69) is 10.6 Å². The first-order valence-electron chi connectivity index (χ1n) is 8.44. The first kappa shape index (κ1) is 19.6. The van der Waals surface area contributed by atoms with Crippen LogP contribution in [0.5, 0.6) is 17.2 Å². The highest BCUT2D eigenvalue weighted by atomic mass is 16.5. The Morgan fingerprint density at radius 1 is 0.885 bits per heavy atom. The van der Waals surface area contributed by atoms with Gasteiger partial charge in [-0.2, -0.15) is 0 Å². The molecule has 6 nitrogen and oxygen atoms in total. The maximum atomic E-state index is 12.1. The van der Waals surface area contributed by atoms with E-state index in [4.69, 9.17) is 14.2 Å². The van der Waals surface area contributed by atoms with E-state index in [0.717, 1.165) is 11.1 Å². The number of hydrogen-bond acceptors (Lipinski definition) is 5. The van der Waals surface area contributed by atoms with Crippen LogP contribution in [0.1, 0.15) is 21.5 Å². The largest absolute Gasteiger partial charge is 0.493 e. The Labute approximate surface area is 154 Å². The quantitative estimate of drug-likeness (QED) is 0.674. The van der Waals surface area contributed by atoms with Gasteiger partial charge >= 0.3 is 0 Å². The number of ether oxygens (including phenoxy) is 3. The van der Waals surface area contributed by atoms with E-state index in [9.17, 15) is 4.79 Å². The topological polar surface area (TPSA) is 68.8 Å². The van der Waals surface area contributed by atoms with Crippen LogP contribution in [-0.2, 0) is 6.54 Å². The molecule has 2 aromatic carbocycles. The van der Waals surface area contributed by atoms with Gasteiger partial charge in [0.05, 0.1) is 21.3 Å². The molecule has 0 bridgehead atoms. The summed E-state index contributed by atoms with van der Waals surface area (Å²) in [5, 5.41) is 6.19. The van der Waals surface area contributed by atoms with E-state index in [1.165, 1.54) is 0 Å². The molecule has 0 fully saturated rings. The molecular formula is C20H26N2O4. The molecule has 26 heavy (non-hydrogen) atoms. The zero-order chi connectivity index (χ0) is 18.9. The number of carbonyl (C=O) groups is 1. The molecule has 0 heterocycles. The normalized spacial score (nSPS) is 10.3. The van der Waals surface area contributed by atoms with Crippen LogP contribution < -0.4 is 24.8 Å². The first-order chi connectivity index (χ1) is 12.6. The molecule has 0 aliphatic rings. The van der Waals surface area contributed by atoms with Gasteiger partial charge < -0.3 is 24.8 Å². The fourth-order valence-corrected chi connectivity index (χ4v) is 2.60. The number of amides is 1. The Morgan fingerprint density at radius 3 is 2.19 bits per heavy atom. The van der Waals surface area contributed by atoms with Crippen molar-refractivity contribution in [3.63, 3.8) is 0 Å². The molecule has 0 aromatic heterocycles. The SMILES string of the molecule is COc1ccc(CNCCNC(=O)c2ccc(C)cc2)c(OC)c1OC. The summed E-state index contributed by atoms with van der Waals surface area (Å²) in [6, 6.07) is 11.3. The van der Waals surface area contributed by atoms with Crippen molar-refractivity contribution in [3.05, 3.63) is 53.1 Å². The highest BCUT2D eigenvalue weighted by Crippen LogP contribution is 2.39. The van der Waals surface area contributed by atoms with E-state index in [1.807, 2.05) is 43.3 Å². The lowest BCUT2D eigenvalue weighted by molar-refractivity contribution is 0.0954. The monoisotopic (exact) mass is 358 g/mol. The molecule has 0 aliphatic carbocycles. The lowest BCUT2D eigenvalue weighted by Gasteiger charge is -2.16. The van der Waals surface area contributed by atoms with E-state index < -0.39 is 0 Å². The van der Waals surface area contributed by atoms with Crippen molar-refractivity contribution in [2.45, 2.75) is 13.5 Å². The van der Waals surface area contributed by atoms with Gasteiger partial charge in [-0.1, -0.05) is 23.8 Å². The number of benzene rings is 2. The molecule has 1 amide bonds. The van der Waals surface area contributed by atoms with Gasteiger partial charge in [-0.15, -0.1) is 0 Å². The van der Waals surface area contributed by atoms with Crippen LogP contribution >= 0.6 is 0 Å². The van der Waals surface area contributed by atoms with Crippen LogP contribution in [0.3, 0.4) is 0 Å². The van der Waals surface area contributed by atoms with Crippen LogP contribution in [0.4, 0.5) is 0 Å². The highest BCUT2D eigenvalue weighted by Gasteiger charge is 2.15. The van der Waals surface area contributed by atoms with Gasteiger partial charge in [-0.3, -0.25) is 4.79 Å². The molecule has 6 heteroatoms. The fraction of sp³-hybridized carbons (Fsp3) is 0.350. The summed E-state index contributed by atoms with van der Waals surface area (Å²) in [7, 11) is 4.77. The van der Waals surface area contributed by atoms with Crippen molar-refractivity contribution < 1.29 is 19.0 Å². The number of aryl methyl sites for hydroxylation is 1. The second-order valence-electron chi connectivity index (χ2n) is 5.79. The summed E-state index contributed by atoms with van der Waals surface area (Å²) in [6.45, 7) is 3.75. The third-order valence-electron chi connectivity index (χ3n) is 4.00. The van der Waals surface area contributed by atoms with E-state index in [-0.39, 0.29) is 5.91 Å². The number of nitrogens with one attached hydrogen (secondary N) is 2. The summed E-state index contributed by atoms with van der Waals surface area (Å²) in [5.41, 5.74) is 2.75. The minimum absolute atomic E-state index is 0.0736. The predicted octanol–water partition coefficient (Wildman–Crippen LogP) is 2.54. The third kappa shape index (κ3) is 4.89. The zero-order valence-corrected chi connectivity index (χ0v) is 15.7. The minimum Gasteiger partial charge on any atom is -0.493 e. The summed E-state index contributed by atoms with van der Waals surface area (Å²) in [5.74, 6) is 1.76. The molecule has 2 N–H and O–H groups in total. The number of carbonyl (C=O) groups excluding carboxylic acids is 1. The maximum Gasteiger partial charge on any atom is 0.251 e. The van der Waals surface area contributed by atoms with Crippen LogP contribution in [0.25, 0.3) is 0 Å². The van der Waals surface area contributed by atoms with Crippen molar-refractivity contribution in [3.8, 4) is 17.2 Å². The summed E-state index contributed by atoms with van der Waals surface area (Å²) in [4.78, 5) is 12.1. The molecule has 140 valence electrons. The van der Waals surface area contributed by atoms with Crippen LogP contribution in [0.2, 0.25) is 0 Å². The lowest BCUT2D eigenvalue weighted by Crippen LogP contribution is -2.31. The molecule has 2 aromatic rings. The second-order valence-corrected chi connectivity index (χ2v) is 5.79. The van der Waals surface area contributed by atoms with Crippen LogP contribution in [-0.4, -0.2) is 40.3 Å². The summed E-state index contributed by atoms with van der Waals surface area (Å²) in [6.07, 6.45) is 0. The van der Waals surface area contributed by atoms with Gasteiger partial charge in [-0.05, 0) is 25.1 Å². The Kier molecular flexibility index (Phi) is 7.29. The van der Waals surface area contributed by atoms with Crippen molar-refractivity contribution >= 4 is 5.91 Å². The third-order valence-corrected chi connectivity index (χ3v) is 4.00. The van der Waals surface area contributed by atoms with Crippen molar-refractivity contribution in [1.82, 2.24) is 10.6 Å². The smallest absolute Gasteiger partial charge is 0.251 e.